The summed E-state index contributed by atoms with van der Waals surface area (Å²) >= 11 is 0. The number of amides is 1. The van der Waals surface area contributed by atoms with Crippen LogP contribution in [0.1, 0.15) is 38.5 Å². The summed E-state index contributed by atoms with van der Waals surface area (Å²) in [6, 6.07) is 0. The number of hydrogen-bond donors (Lipinski definition) is 1. The highest BCUT2D eigenvalue weighted by Gasteiger charge is 2.36. The summed E-state index contributed by atoms with van der Waals surface area (Å²) in [6.07, 6.45) is 6.10. The average molecular weight is 318 g/mol. The molecule has 21 heavy (non-hydrogen) atoms. The number of carbonyl (C=O) groups is 1. The first-order valence-corrected chi connectivity index (χ1v) is 9.49. The Labute approximate surface area is 127 Å². The topological polar surface area (TPSA) is 77.9 Å². The quantitative estimate of drug-likeness (QED) is 0.815. The van der Waals surface area contributed by atoms with Gasteiger partial charge < -0.3 is 10.0 Å². The van der Waals surface area contributed by atoms with Crippen LogP contribution >= 0.6 is 0 Å². The van der Waals surface area contributed by atoms with E-state index in [1.807, 2.05) is 0 Å². The molecule has 1 N–H and O–H groups in total. The van der Waals surface area contributed by atoms with Crippen LogP contribution in [0.4, 0.5) is 0 Å². The molecule has 122 valence electrons. The number of aliphatic hydroxyl groups is 1. The molecule has 2 fully saturated rings. The van der Waals surface area contributed by atoms with Crippen LogP contribution in [-0.4, -0.2) is 67.2 Å². The van der Waals surface area contributed by atoms with Crippen LogP contribution in [0.2, 0.25) is 0 Å². The summed E-state index contributed by atoms with van der Waals surface area (Å²) in [5, 5.41) is 10.4. The molecule has 1 amide bonds. The SMILES string of the molecule is CN(CC1(O)CCCC1)C(=O)C1CCCN(S(C)(=O)=O)C1. The predicted octanol–water partition coefficient (Wildman–Crippen LogP) is 0.422. The normalized spacial score (nSPS) is 26.7. The first-order valence-electron chi connectivity index (χ1n) is 7.64. The van der Waals surface area contributed by atoms with Crippen molar-refractivity contribution in [2.24, 2.45) is 5.92 Å². The Balaban J connectivity index is 1.95. The van der Waals surface area contributed by atoms with E-state index >= 15 is 0 Å². The minimum absolute atomic E-state index is 0.0522. The maximum Gasteiger partial charge on any atom is 0.226 e. The molecule has 1 heterocycles. The molecule has 0 aromatic rings. The van der Waals surface area contributed by atoms with Gasteiger partial charge in [-0.3, -0.25) is 4.79 Å². The van der Waals surface area contributed by atoms with Gasteiger partial charge in [0.25, 0.3) is 0 Å². The largest absolute Gasteiger partial charge is 0.388 e. The van der Waals surface area contributed by atoms with Crippen LogP contribution in [0.25, 0.3) is 0 Å². The Morgan fingerprint density at radius 3 is 2.52 bits per heavy atom. The van der Waals surface area contributed by atoms with Gasteiger partial charge in [0.05, 0.1) is 17.8 Å². The Hall–Kier alpha value is -0.660. The fraction of sp³-hybridized carbons (Fsp3) is 0.929. The lowest BCUT2D eigenvalue weighted by Gasteiger charge is -2.35. The smallest absolute Gasteiger partial charge is 0.226 e. The van der Waals surface area contributed by atoms with E-state index in [1.165, 1.54) is 10.6 Å². The highest BCUT2D eigenvalue weighted by molar-refractivity contribution is 7.88. The third-order valence-corrected chi connectivity index (χ3v) is 5.91. The molecule has 1 aliphatic heterocycles. The summed E-state index contributed by atoms with van der Waals surface area (Å²) < 4.78 is 24.6. The number of hydrogen-bond acceptors (Lipinski definition) is 4. The van der Waals surface area contributed by atoms with Crippen LogP contribution in [0.5, 0.6) is 0 Å². The molecular weight excluding hydrogens is 292 g/mol. The van der Waals surface area contributed by atoms with Gasteiger partial charge >= 0.3 is 0 Å². The molecular formula is C14H26N2O4S. The number of carbonyl (C=O) groups excluding carboxylic acids is 1. The second-order valence-corrected chi connectivity index (χ2v) is 8.57. The minimum Gasteiger partial charge on any atom is -0.388 e. The molecule has 0 bridgehead atoms. The number of rotatable bonds is 4. The zero-order chi connectivity index (χ0) is 15.7. The zero-order valence-electron chi connectivity index (χ0n) is 12.9. The fourth-order valence-corrected chi connectivity index (χ4v) is 4.38. The molecule has 0 aromatic heterocycles. The van der Waals surface area contributed by atoms with Gasteiger partial charge in [0.2, 0.25) is 15.9 Å². The summed E-state index contributed by atoms with van der Waals surface area (Å²) in [5.74, 6) is -0.341. The fourth-order valence-electron chi connectivity index (χ4n) is 3.47. The van der Waals surface area contributed by atoms with E-state index < -0.39 is 15.6 Å². The minimum atomic E-state index is -3.24. The summed E-state index contributed by atoms with van der Waals surface area (Å²) in [4.78, 5) is 14.1. The third-order valence-electron chi connectivity index (χ3n) is 4.64. The number of sulfonamides is 1. The van der Waals surface area contributed by atoms with Crippen molar-refractivity contribution in [2.75, 3.05) is 32.9 Å². The van der Waals surface area contributed by atoms with Crippen molar-refractivity contribution in [3.63, 3.8) is 0 Å². The van der Waals surface area contributed by atoms with Gasteiger partial charge in [0, 0.05) is 26.7 Å². The van der Waals surface area contributed by atoms with E-state index in [-0.39, 0.29) is 18.4 Å². The lowest BCUT2D eigenvalue weighted by Crippen LogP contribution is -2.49. The van der Waals surface area contributed by atoms with Crippen molar-refractivity contribution in [3.05, 3.63) is 0 Å². The molecule has 1 aliphatic carbocycles. The first kappa shape index (κ1) is 16.7. The lowest BCUT2D eigenvalue weighted by atomic mass is 9.96. The van der Waals surface area contributed by atoms with Gasteiger partial charge in [-0.15, -0.1) is 0 Å². The molecule has 1 unspecified atom stereocenters. The van der Waals surface area contributed by atoms with Gasteiger partial charge in [-0.25, -0.2) is 12.7 Å². The van der Waals surface area contributed by atoms with Gasteiger partial charge in [0.15, 0.2) is 0 Å². The van der Waals surface area contributed by atoms with E-state index in [1.54, 1.807) is 11.9 Å². The maximum absolute atomic E-state index is 12.5. The third kappa shape index (κ3) is 4.17. The second-order valence-electron chi connectivity index (χ2n) is 6.59. The van der Waals surface area contributed by atoms with Crippen LogP contribution in [0.3, 0.4) is 0 Å². The van der Waals surface area contributed by atoms with E-state index in [4.69, 9.17) is 0 Å². The number of piperidine rings is 1. The summed E-state index contributed by atoms with van der Waals surface area (Å²) in [7, 11) is -1.53. The Bertz CT molecular complexity index is 485. The van der Waals surface area contributed by atoms with E-state index in [2.05, 4.69) is 0 Å². The maximum atomic E-state index is 12.5. The molecule has 1 saturated heterocycles. The van der Waals surface area contributed by atoms with Crippen molar-refractivity contribution in [2.45, 2.75) is 44.1 Å². The van der Waals surface area contributed by atoms with Gasteiger partial charge in [-0.05, 0) is 25.7 Å². The zero-order valence-corrected chi connectivity index (χ0v) is 13.7. The first-order chi connectivity index (χ1) is 9.71. The Morgan fingerprint density at radius 2 is 1.95 bits per heavy atom. The molecule has 0 spiro atoms. The average Bonchev–Trinajstić information content (AvgIpc) is 2.83. The molecule has 1 atom stereocenters. The van der Waals surface area contributed by atoms with Crippen LogP contribution in [0, 0.1) is 5.92 Å². The molecule has 0 radical (unpaired) electrons. The van der Waals surface area contributed by atoms with E-state index in [0.717, 1.165) is 25.7 Å². The molecule has 2 aliphatic rings. The van der Waals surface area contributed by atoms with Gasteiger partial charge in [-0.1, -0.05) is 12.8 Å². The van der Waals surface area contributed by atoms with Crippen molar-refractivity contribution in [3.8, 4) is 0 Å². The highest BCUT2D eigenvalue weighted by Crippen LogP contribution is 2.30. The standard InChI is InChI=1S/C14H26N2O4S/c1-15(11-14(18)7-3-4-8-14)13(17)12-6-5-9-16(10-12)21(2,19)20/h12,18H,3-11H2,1-2H3. The van der Waals surface area contributed by atoms with Gasteiger partial charge in [-0.2, -0.15) is 0 Å². The predicted molar refractivity (Wildman–Crippen MR) is 80.2 cm³/mol. The monoisotopic (exact) mass is 318 g/mol. The molecule has 7 heteroatoms. The molecule has 1 saturated carbocycles. The van der Waals surface area contributed by atoms with E-state index in [9.17, 15) is 18.3 Å². The number of nitrogens with zero attached hydrogens (tertiary/aromatic N) is 2. The second kappa shape index (κ2) is 6.22. The van der Waals surface area contributed by atoms with Gasteiger partial charge in [0.1, 0.15) is 0 Å². The van der Waals surface area contributed by atoms with Crippen LogP contribution in [-0.2, 0) is 14.8 Å². The molecule has 0 aromatic carbocycles. The number of likely N-dealkylation sites (N-methyl/N-ethyl adjacent to an activating group) is 1. The molecule has 2 rings (SSSR count). The summed E-state index contributed by atoms with van der Waals surface area (Å²) in [6.45, 7) is 1.11. The summed E-state index contributed by atoms with van der Waals surface area (Å²) in [5.41, 5.74) is -0.754. The van der Waals surface area contributed by atoms with Crippen LogP contribution < -0.4 is 0 Å². The van der Waals surface area contributed by atoms with Crippen molar-refractivity contribution in [1.82, 2.24) is 9.21 Å². The van der Waals surface area contributed by atoms with Crippen molar-refractivity contribution >= 4 is 15.9 Å². The van der Waals surface area contributed by atoms with Crippen molar-refractivity contribution in [1.29, 1.82) is 0 Å². The van der Waals surface area contributed by atoms with Crippen LogP contribution in [0.15, 0.2) is 0 Å². The lowest BCUT2D eigenvalue weighted by molar-refractivity contribution is -0.138. The van der Waals surface area contributed by atoms with Crippen molar-refractivity contribution < 1.29 is 18.3 Å². The molecule has 6 nitrogen and oxygen atoms in total. The highest BCUT2D eigenvalue weighted by atomic mass is 32.2. The van der Waals surface area contributed by atoms with E-state index in [0.29, 0.717) is 25.9 Å². The Kier molecular flexibility index (Phi) is 4.95. The Morgan fingerprint density at radius 1 is 1.33 bits per heavy atom.